The third kappa shape index (κ3) is 5.18. The molecule has 0 N–H and O–H groups in total. The van der Waals surface area contributed by atoms with Crippen LogP contribution in [-0.4, -0.2) is 4.57 Å². The summed E-state index contributed by atoms with van der Waals surface area (Å²) in [5, 5.41) is 4.94. The molecule has 2 nitrogen and oxygen atoms in total. The van der Waals surface area contributed by atoms with E-state index in [2.05, 4.69) is 230 Å². The second-order valence-corrected chi connectivity index (χ2v) is 15.7. The molecule has 1 aliphatic rings. The highest BCUT2D eigenvalue weighted by molar-refractivity contribution is 6.10. The molecule has 0 atom stereocenters. The number of benzene rings is 9. The zero-order valence-electron chi connectivity index (χ0n) is 32.0. The summed E-state index contributed by atoms with van der Waals surface area (Å²) in [7, 11) is 0. The smallest absolute Gasteiger partial charge is 0.0543 e. The van der Waals surface area contributed by atoms with E-state index >= 15 is 0 Å². The van der Waals surface area contributed by atoms with Gasteiger partial charge in [0.25, 0.3) is 0 Å². The lowest BCUT2D eigenvalue weighted by atomic mass is 9.82. The van der Waals surface area contributed by atoms with Crippen LogP contribution in [0.3, 0.4) is 0 Å². The molecule has 11 rings (SSSR count). The maximum Gasteiger partial charge on any atom is 0.0543 e. The van der Waals surface area contributed by atoms with Crippen LogP contribution in [0.4, 0.5) is 17.1 Å². The highest BCUT2D eigenvalue weighted by Gasteiger charge is 2.38. The topological polar surface area (TPSA) is 8.17 Å². The summed E-state index contributed by atoms with van der Waals surface area (Å²) in [5.41, 5.74) is 16.9. The number of para-hydroxylation sites is 3. The number of hydrogen-bond donors (Lipinski definition) is 0. The second kappa shape index (κ2) is 13.0. The van der Waals surface area contributed by atoms with E-state index in [1.165, 1.54) is 82.8 Å². The van der Waals surface area contributed by atoms with Crippen LogP contribution in [0.15, 0.2) is 206 Å². The van der Waals surface area contributed by atoms with Gasteiger partial charge in [0.1, 0.15) is 0 Å². The Hall–Kier alpha value is -7.16. The molecule has 0 fully saturated rings. The molecular formula is C55H40N2. The molecule has 9 aromatic carbocycles. The highest BCUT2D eigenvalue weighted by atomic mass is 15.1. The Balaban J connectivity index is 1.18. The van der Waals surface area contributed by atoms with E-state index in [0.717, 1.165) is 17.1 Å². The van der Waals surface area contributed by atoms with Gasteiger partial charge >= 0.3 is 0 Å². The van der Waals surface area contributed by atoms with E-state index in [0.29, 0.717) is 0 Å². The van der Waals surface area contributed by atoms with Gasteiger partial charge in [-0.15, -0.1) is 0 Å². The standard InChI is InChI=1S/C55H40N2/c1-55(2)48-25-12-8-24-46(48)54-49(55)26-16-30-53(54)56(40-33-31-38(32-34-40)37-17-4-3-5-18-37)52-29-15-11-23-45(52)47-36-41(35-39-19-6-7-20-42(39)47)57-50-27-13-9-21-43(50)44-22-10-14-28-51(44)57/h3-36H,1-2H3. The van der Waals surface area contributed by atoms with Crippen molar-refractivity contribution in [2.45, 2.75) is 19.3 Å². The van der Waals surface area contributed by atoms with Gasteiger partial charge in [-0.2, -0.15) is 0 Å². The Morgan fingerprint density at radius 3 is 1.72 bits per heavy atom. The van der Waals surface area contributed by atoms with Crippen molar-refractivity contribution in [1.82, 2.24) is 4.57 Å². The molecule has 1 aromatic heterocycles. The van der Waals surface area contributed by atoms with Gasteiger partial charge in [0.15, 0.2) is 0 Å². The van der Waals surface area contributed by atoms with E-state index in [1.807, 2.05) is 0 Å². The van der Waals surface area contributed by atoms with Gasteiger partial charge in [0.05, 0.1) is 22.4 Å². The SMILES string of the molecule is CC1(C)c2ccccc2-c2c(N(c3ccc(-c4ccccc4)cc3)c3ccccc3-c3cc(-n4c5ccccc5c5ccccc54)cc4ccccc34)cccc21. The maximum absolute atomic E-state index is 2.50. The average Bonchev–Trinajstić information content (AvgIpc) is 3.73. The Labute approximate surface area is 333 Å². The predicted octanol–water partition coefficient (Wildman–Crippen LogP) is 15.0. The van der Waals surface area contributed by atoms with Gasteiger partial charge in [-0.3, -0.25) is 0 Å². The average molecular weight is 729 g/mol. The van der Waals surface area contributed by atoms with Gasteiger partial charge in [-0.05, 0) is 92.7 Å². The fourth-order valence-corrected chi connectivity index (χ4v) is 9.51. The second-order valence-electron chi connectivity index (χ2n) is 15.7. The van der Waals surface area contributed by atoms with Gasteiger partial charge in [0.2, 0.25) is 0 Å². The van der Waals surface area contributed by atoms with Crippen molar-refractivity contribution < 1.29 is 0 Å². The number of aromatic nitrogens is 1. The van der Waals surface area contributed by atoms with Gasteiger partial charge < -0.3 is 9.47 Å². The van der Waals surface area contributed by atoms with Crippen LogP contribution in [0.25, 0.3) is 71.6 Å². The molecule has 0 saturated heterocycles. The fraction of sp³-hybridized carbons (Fsp3) is 0.0545. The fourth-order valence-electron chi connectivity index (χ4n) is 9.51. The van der Waals surface area contributed by atoms with E-state index in [9.17, 15) is 0 Å². The first kappa shape index (κ1) is 33.2. The van der Waals surface area contributed by atoms with Crippen molar-refractivity contribution in [2.24, 2.45) is 0 Å². The molecule has 0 aliphatic heterocycles. The molecule has 2 heteroatoms. The highest BCUT2D eigenvalue weighted by Crippen LogP contribution is 2.55. The van der Waals surface area contributed by atoms with Crippen LogP contribution in [0.5, 0.6) is 0 Å². The first-order chi connectivity index (χ1) is 28.1. The van der Waals surface area contributed by atoms with Gasteiger partial charge in [-0.25, -0.2) is 0 Å². The zero-order valence-corrected chi connectivity index (χ0v) is 32.0. The van der Waals surface area contributed by atoms with Crippen molar-refractivity contribution in [2.75, 3.05) is 4.90 Å². The van der Waals surface area contributed by atoms with Crippen LogP contribution in [0, 0.1) is 0 Å². The number of hydrogen-bond acceptors (Lipinski definition) is 1. The molecular weight excluding hydrogens is 689 g/mol. The normalized spacial score (nSPS) is 12.9. The lowest BCUT2D eigenvalue weighted by Gasteiger charge is -2.31. The lowest BCUT2D eigenvalue weighted by Crippen LogP contribution is -2.16. The molecule has 0 saturated carbocycles. The Morgan fingerprint density at radius 2 is 0.965 bits per heavy atom. The summed E-state index contributed by atoms with van der Waals surface area (Å²) in [6, 6.07) is 75.7. The minimum absolute atomic E-state index is 0.128. The molecule has 57 heavy (non-hydrogen) atoms. The van der Waals surface area contributed by atoms with Gasteiger partial charge in [0, 0.05) is 38.7 Å². The van der Waals surface area contributed by atoms with Crippen molar-refractivity contribution in [3.63, 3.8) is 0 Å². The molecule has 0 unspecified atom stereocenters. The van der Waals surface area contributed by atoms with Crippen molar-refractivity contribution in [3.05, 3.63) is 217 Å². The number of fused-ring (bicyclic) bond motifs is 7. The molecule has 0 spiro atoms. The van der Waals surface area contributed by atoms with Crippen LogP contribution >= 0.6 is 0 Å². The van der Waals surface area contributed by atoms with Crippen molar-refractivity contribution >= 4 is 49.6 Å². The largest absolute Gasteiger partial charge is 0.309 e. The summed E-state index contributed by atoms with van der Waals surface area (Å²) in [4.78, 5) is 2.50. The summed E-state index contributed by atoms with van der Waals surface area (Å²) < 4.78 is 2.44. The number of nitrogens with zero attached hydrogens (tertiary/aromatic N) is 2. The Morgan fingerprint density at radius 1 is 0.404 bits per heavy atom. The van der Waals surface area contributed by atoms with E-state index in [4.69, 9.17) is 0 Å². The van der Waals surface area contributed by atoms with E-state index in [1.54, 1.807) is 0 Å². The van der Waals surface area contributed by atoms with Crippen LogP contribution < -0.4 is 4.90 Å². The summed E-state index contributed by atoms with van der Waals surface area (Å²) >= 11 is 0. The van der Waals surface area contributed by atoms with Crippen LogP contribution in [0.1, 0.15) is 25.0 Å². The quantitative estimate of drug-likeness (QED) is 0.165. The maximum atomic E-state index is 2.50. The summed E-state index contributed by atoms with van der Waals surface area (Å²) in [6.45, 7) is 4.72. The Bertz CT molecular complexity index is 3100. The molecule has 1 heterocycles. The van der Waals surface area contributed by atoms with E-state index < -0.39 is 0 Å². The third-order valence-electron chi connectivity index (χ3n) is 12.2. The minimum atomic E-state index is -0.128. The van der Waals surface area contributed by atoms with Crippen molar-refractivity contribution in [3.8, 4) is 39.1 Å². The lowest BCUT2D eigenvalue weighted by molar-refractivity contribution is 0.660. The molecule has 0 radical (unpaired) electrons. The Kier molecular flexibility index (Phi) is 7.55. The molecule has 0 bridgehead atoms. The number of anilines is 3. The third-order valence-corrected chi connectivity index (χ3v) is 12.2. The predicted molar refractivity (Wildman–Crippen MR) is 241 cm³/mol. The van der Waals surface area contributed by atoms with Crippen LogP contribution in [0.2, 0.25) is 0 Å². The first-order valence-corrected chi connectivity index (χ1v) is 19.9. The van der Waals surface area contributed by atoms with Crippen molar-refractivity contribution in [1.29, 1.82) is 0 Å². The van der Waals surface area contributed by atoms with Gasteiger partial charge in [-0.1, -0.05) is 172 Å². The van der Waals surface area contributed by atoms with Crippen LogP contribution in [-0.2, 0) is 5.41 Å². The molecule has 270 valence electrons. The minimum Gasteiger partial charge on any atom is -0.309 e. The monoisotopic (exact) mass is 728 g/mol. The first-order valence-electron chi connectivity index (χ1n) is 19.9. The summed E-state index contributed by atoms with van der Waals surface area (Å²) in [6.07, 6.45) is 0. The molecule has 10 aromatic rings. The molecule has 1 aliphatic carbocycles. The molecule has 0 amide bonds. The van der Waals surface area contributed by atoms with E-state index in [-0.39, 0.29) is 5.41 Å². The number of rotatable bonds is 6. The summed E-state index contributed by atoms with van der Waals surface area (Å²) in [5.74, 6) is 0. The zero-order chi connectivity index (χ0) is 38.1.